The summed E-state index contributed by atoms with van der Waals surface area (Å²) in [4.78, 5) is 14.7. The molecule has 3 aliphatic rings. The van der Waals surface area contributed by atoms with Crippen molar-refractivity contribution in [2.24, 2.45) is 5.92 Å². The number of aromatic hydroxyl groups is 1. The predicted molar refractivity (Wildman–Crippen MR) is 81.6 cm³/mol. The van der Waals surface area contributed by atoms with Gasteiger partial charge in [-0.15, -0.1) is 0 Å². The maximum Gasteiger partial charge on any atom is 0.133 e. The predicted octanol–water partition coefficient (Wildman–Crippen LogP) is 2.57. The number of likely N-dealkylation sites (N-methyl/N-ethyl adjacent to an activating group) is 1. The summed E-state index contributed by atoms with van der Waals surface area (Å²) < 4.78 is 0. The van der Waals surface area contributed by atoms with Crippen LogP contribution >= 0.6 is 0 Å². The summed E-state index contributed by atoms with van der Waals surface area (Å²) in [5.74, 6) is 1.35. The molecule has 1 unspecified atom stereocenters. The molecule has 4 rings (SSSR count). The van der Waals surface area contributed by atoms with Gasteiger partial charge >= 0.3 is 0 Å². The van der Waals surface area contributed by atoms with Gasteiger partial charge in [0.25, 0.3) is 0 Å². The number of likely N-dealkylation sites (tertiary alicyclic amines) is 1. The molecule has 0 radical (unpaired) electrons. The zero-order valence-electron chi connectivity index (χ0n) is 12.9. The second-order valence-electron chi connectivity index (χ2n) is 7.28. The Labute approximate surface area is 126 Å². The average Bonchev–Trinajstić information content (AvgIpc) is 2.46. The van der Waals surface area contributed by atoms with E-state index in [0.29, 0.717) is 29.9 Å². The molecule has 0 aromatic heterocycles. The first kappa shape index (κ1) is 13.3. The van der Waals surface area contributed by atoms with Crippen molar-refractivity contribution < 1.29 is 9.90 Å². The fraction of sp³-hybridized carbons (Fsp3) is 0.611. The van der Waals surface area contributed by atoms with Crippen molar-refractivity contribution in [2.75, 3.05) is 13.6 Å². The van der Waals surface area contributed by atoms with Gasteiger partial charge in [0.15, 0.2) is 0 Å². The molecule has 1 aliphatic heterocycles. The van der Waals surface area contributed by atoms with Crippen molar-refractivity contribution in [1.82, 2.24) is 4.90 Å². The SMILES string of the molecule is Cc1ccc2c(c1O)C13CCN(C)[C@@H](C2)[C@H]1CCC(=O)C3. The van der Waals surface area contributed by atoms with E-state index in [4.69, 9.17) is 0 Å². The Balaban J connectivity index is 1.96. The van der Waals surface area contributed by atoms with Crippen molar-refractivity contribution >= 4 is 5.78 Å². The Hall–Kier alpha value is -1.35. The number of phenolic OH excluding ortho intramolecular Hbond substituents is 1. The lowest BCUT2D eigenvalue weighted by Crippen LogP contribution is -2.60. The van der Waals surface area contributed by atoms with Gasteiger partial charge < -0.3 is 10.0 Å². The largest absolute Gasteiger partial charge is 0.507 e. The molecule has 0 amide bonds. The van der Waals surface area contributed by atoms with Gasteiger partial charge in [-0.25, -0.2) is 0 Å². The second kappa shape index (κ2) is 4.33. The lowest BCUT2D eigenvalue weighted by atomic mass is 9.52. The molecule has 2 aliphatic carbocycles. The highest BCUT2D eigenvalue weighted by Crippen LogP contribution is 2.57. The van der Waals surface area contributed by atoms with Crippen LogP contribution in [-0.4, -0.2) is 35.4 Å². The molecule has 1 N–H and O–H groups in total. The van der Waals surface area contributed by atoms with Crippen LogP contribution in [0.1, 0.15) is 42.4 Å². The fourth-order valence-corrected chi connectivity index (χ4v) is 5.23. The number of hydrogen-bond donors (Lipinski definition) is 1. The van der Waals surface area contributed by atoms with E-state index in [1.54, 1.807) is 0 Å². The van der Waals surface area contributed by atoms with Crippen LogP contribution in [0, 0.1) is 12.8 Å². The number of piperidine rings is 1. The Morgan fingerprint density at radius 1 is 1.38 bits per heavy atom. The Morgan fingerprint density at radius 2 is 2.19 bits per heavy atom. The van der Waals surface area contributed by atoms with Crippen LogP contribution in [0.25, 0.3) is 0 Å². The fourth-order valence-electron chi connectivity index (χ4n) is 5.23. The van der Waals surface area contributed by atoms with Crippen LogP contribution < -0.4 is 0 Å². The maximum absolute atomic E-state index is 12.2. The summed E-state index contributed by atoms with van der Waals surface area (Å²) >= 11 is 0. The highest BCUT2D eigenvalue weighted by Gasteiger charge is 2.55. The van der Waals surface area contributed by atoms with Gasteiger partial charge in [0.05, 0.1) is 0 Å². The third kappa shape index (κ3) is 1.67. The van der Waals surface area contributed by atoms with Crippen molar-refractivity contribution in [3.8, 4) is 5.75 Å². The number of rotatable bonds is 0. The van der Waals surface area contributed by atoms with Crippen LogP contribution in [0.15, 0.2) is 12.1 Å². The van der Waals surface area contributed by atoms with Crippen molar-refractivity contribution in [3.05, 3.63) is 28.8 Å². The van der Waals surface area contributed by atoms with Crippen molar-refractivity contribution in [1.29, 1.82) is 0 Å². The van der Waals surface area contributed by atoms with Gasteiger partial charge in [-0.3, -0.25) is 4.79 Å². The molecule has 21 heavy (non-hydrogen) atoms. The molecule has 2 bridgehead atoms. The minimum absolute atomic E-state index is 0.101. The van der Waals surface area contributed by atoms with E-state index in [9.17, 15) is 9.90 Å². The summed E-state index contributed by atoms with van der Waals surface area (Å²) in [6.07, 6.45) is 4.35. The molecule has 1 aromatic carbocycles. The Morgan fingerprint density at radius 3 is 3.00 bits per heavy atom. The van der Waals surface area contributed by atoms with Gasteiger partial charge in [-0.1, -0.05) is 12.1 Å². The Bertz CT molecular complexity index is 624. The van der Waals surface area contributed by atoms with Crippen LogP contribution in [0.3, 0.4) is 0 Å². The van der Waals surface area contributed by atoms with Crippen LogP contribution in [0.5, 0.6) is 5.75 Å². The highest BCUT2D eigenvalue weighted by molar-refractivity contribution is 5.82. The number of hydrogen-bond acceptors (Lipinski definition) is 3. The van der Waals surface area contributed by atoms with Gasteiger partial charge in [0.2, 0.25) is 0 Å². The van der Waals surface area contributed by atoms with E-state index in [1.165, 1.54) is 5.56 Å². The molecule has 2 fully saturated rings. The number of phenols is 1. The van der Waals surface area contributed by atoms with E-state index in [-0.39, 0.29) is 5.41 Å². The first-order valence-electron chi connectivity index (χ1n) is 8.07. The molecule has 3 heteroatoms. The number of Topliss-reactive ketones (excluding diaryl/α,β-unsaturated/α-hetero) is 1. The van der Waals surface area contributed by atoms with E-state index in [2.05, 4.69) is 18.0 Å². The first-order chi connectivity index (χ1) is 10.0. The molecule has 1 heterocycles. The normalized spacial score (nSPS) is 35.2. The molecule has 1 aromatic rings. The van der Waals surface area contributed by atoms with E-state index >= 15 is 0 Å². The van der Waals surface area contributed by atoms with Gasteiger partial charge in [0, 0.05) is 29.9 Å². The highest BCUT2D eigenvalue weighted by atomic mass is 16.3. The number of ketones is 1. The number of benzene rings is 1. The average molecular weight is 285 g/mol. The van der Waals surface area contributed by atoms with Crippen LogP contribution in [0.2, 0.25) is 0 Å². The summed E-state index contributed by atoms with van der Waals surface area (Å²) in [7, 11) is 2.21. The molecule has 3 nitrogen and oxygen atoms in total. The monoisotopic (exact) mass is 285 g/mol. The van der Waals surface area contributed by atoms with E-state index in [0.717, 1.165) is 43.4 Å². The summed E-state index contributed by atoms with van der Waals surface area (Å²) in [5.41, 5.74) is 3.22. The zero-order valence-corrected chi connectivity index (χ0v) is 12.9. The zero-order chi connectivity index (χ0) is 14.8. The molecular weight excluding hydrogens is 262 g/mol. The standard InChI is InChI=1S/C18H23NO2/c1-11-3-4-12-9-15-14-6-5-13(20)10-18(14,7-8-19(15)2)16(12)17(11)21/h3-4,14-15,21H,5-10H2,1-2H3/t14-,15+,18?/m1/s1. The maximum atomic E-state index is 12.2. The summed E-state index contributed by atoms with van der Waals surface area (Å²) in [6, 6.07) is 4.72. The van der Waals surface area contributed by atoms with Crippen LogP contribution in [0.4, 0.5) is 0 Å². The van der Waals surface area contributed by atoms with Crippen LogP contribution in [-0.2, 0) is 16.6 Å². The lowest BCUT2D eigenvalue weighted by Gasteiger charge is -2.58. The minimum Gasteiger partial charge on any atom is -0.507 e. The van der Waals surface area contributed by atoms with E-state index in [1.807, 2.05) is 13.0 Å². The molecular formula is C18H23NO2. The molecule has 3 atom stereocenters. The van der Waals surface area contributed by atoms with Gasteiger partial charge in [-0.2, -0.15) is 0 Å². The summed E-state index contributed by atoms with van der Waals surface area (Å²) in [6.45, 7) is 2.99. The van der Waals surface area contributed by atoms with E-state index < -0.39 is 0 Å². The quantitative estimate of drug-likeness (QED) is 0.796. The number of aryl methyl sites for hydroxylation is 1. The molecule has 1 saturated heterocycles. The van der Waals surface area contributed by atoms with Gasteiger partial charge in [-0.05, 0) is 56.8 Å². The first-order valence-corrected chi connectivity index (χ1v) is 8.07. The number of carbonyl (C=O) groups is 1. The third-order valence-electron chi connectivity index (χ3n) is 6.29. The number of nitrogens with zero attached hydrogens (tertiary/aromatic N) is 1. The molecule has 112 valence electrons. The topological polar surface area (TPSA) is 40.5 Å². The second-order valence-corrected chi connectivity index (χ2v) is 7.28. The summed E-state index contributed by atoms with van der Waals surface area (Å²) in [5, 5.41) is 10.7. The Kier molecular flexibility index (Phi) is 2.74. The number of carbonyl (C=O) groups excluding carboxylic acids is 1. The third-order valence-corrected chi connectivity index (χ3v) is 6.29. The molecule has 1 saturated carbocycles. The van der Waals surface area contributed by atoms with Gasteiger partial charge in [0.1, 0.15) is 11.5 Å². The smallest absolute Gasteiger partial charge is 0.133 e. The van der Waals surface area contributed by atoms with Crippen molar-refractivity contribution in [2.45, 2.75) is 50.5 Å². The van der Waals surface area contributed by atoms with Crippen molar-refractivity contribution in [3.63, 3.8) is 0 Å². The number of fused-ring (bicyclic) bond motifs is 1. The minimum atomic E-state index is -0.101. The lowest BCUT2D eigenvalue weighted by molar-refractivity contribution is -0.126. The molecule has 0 spiro atoms.